The second-order valence-electron chi connectivity index (χ2n) is 6.68. The molecule has 130 valence electrons. The summed E-state index contributed by atoms with van der Waals surface area (Å²) in [7, 11) is 0. The van der Waals surface area contributed by atoms with Gasteiger partial charge < -0.3 is 15.0 Å². The first-order chi connectivity index (χ1) is 10.8. The van der Waals surface area contributed by atoms with Crippen molar-refractivity contribution in [2.45, 2.75) is 32.9 Å². The second kappa shape index (κ2) is 8.46. The van der Waals surface area contributed by atoms with E-state index in [0.717, 1.165) is 45.8 Å². The summed E-state index contributed by atoms with van der Waals surface area (Å²) in [5.41, 5.74) is -0.422. The van der Waals surface area contributed by atoms with Gasteiger partial charge in [-0.15, -0.1) is 11.3 Å². The predicted molar refractivity (Wildman–Crippen MR) is 98.0 cm³/mol. The van der Waals surface area contributed by atoms with E-state index in [2.05, 4.69) is 37.6 Å². The summed E-state index contributed by atoms with van der Waals surface area (Å²) in [5.74, 6) is 0. The Labute approximate surface area is 151 Å². The third kappa shape index (κ3) is 6.41. The van der Waals surface area contributed by atoms with Crippen molar-refractivity contribution in [3.63, 3.8) is 0 Å². The molecule has 23 heavy (non-hydrogen) atoms. The molecule has 7 heteroatoms. The van der Waals surface area contributed by atoms with Gasteiger partial charge in [0.1, 0.15) is 5.60 Å². The molecule has 0 aliphatic carbocycles. The second-order valence-corrected chi connectivity index (χ2v) is 8.53. The van der Waals surface area contributed by atoms with E-state index in [1.165, 1.54) is 9.35 Å². The standard InChI is InChI=1S/C16H26BrN3O2S/c1-16(2,3)22-15(21)20-9-7-19(8-10-20)6-5-18-12-14-13(17)4-11-23-14/h4,11,18H,5-10,12H2,1-3H3. The van der Waals surface area contributed by atoms with Crippen molar-refractivity contribution >= 4 is 33.4 Å². The highest BCUT2D eigenvalue weighted by atomic mass is 79.9. The lowest BCUT2D eigenvalue weighted by atomic mass is 10.2. The summed E-state index contributed by atoms with van der Waals surface area (Å²) in [5, 5.41) is 5.57. The molecule has 1 aromatic heterocycles. The molecule has 1 amide bonds. The van der Waals surface area contributed by atoms with Crippen LogP contribution in [-0.2, 0) is 11.3 Å². The van der Waals surface area contributed by atoms with Crippen LogP contribution in [0.25, 0.3) is 0 Å². The minimum absolute atomic E-state index is 0.196. The van der Waals surface area contributed by atoms with Crippen LogP contribution in [-0.4, -0.2) is 60.8 Å². The highest BCUT2D eigenvalue weighted by Crippen LogP contribution is 2.22. The van der Waals surface area contributed by atoms with Gasteiger partial charge in [0.15, 0.2) is 0 Å². The van der Waals surface area contributed by atoms with Gasteiger partial charge in [0.05, 0.1) is 0 Å². The first-order valence-electron chi connectivity index (χ1n) is 7.98. The summed E-state index contributed by atoms with van der Waals surface area (Å²) in [6.07, 6.45) is -0.196. The van der Waals surface area contributed by atoms with Crippen LogP contribution in [0.5, 0.6) is 0 Å². The minimum Gasteiger partial charge on any atom is -0.444 e. The van der Waals surface area contributed by atoms with E-state index >= 15 is 0 Å². The minimum atomic E-state index is -0.422. The molecule has 5 nitrogen and oxygen atoms in total. The summed E-state index contributed by atoms with van der Waals surface area (Å²) < 4.78 is 6.60. The fourth-order valence-corrected chi connectivity index (χ4v) is 3.83. The van der Waals surface area contributed by atoms with Crippen LogP contribution in [0.1, 0.15) is 25.6 Å². The summed E-state index contributed by atoms with van der Waals surface area (Å²) >= 11 is 5.31. The van der Waals surface area contributed by atoms with E-state index in [9.17, 15) is 4.79 Å². The number of hydrogen-bond donors (Lipinski definition) is 1. The predicted octanol–water partition coefficient (Wildman–Crippen LogP) is 3.15. The van der Waals surface area contributed by atoms with Gasteiger partial charge in [0.2, 0.25) is 0 Å². The maximum Gasteiger partial charge on any atom is 0.410 e. The van der Waals surface area contributed by atoms with E-state index in [-0.39, 0.29) is 6.09 Å². The van der Waals surface area contributed by atoms with E-state index in [4.69, 9.17) is 4.74 Å². The number of thiophene rings is 1. The van der Waals surface area contributed by atoms with Crippen molar-refractivity contribution in [3.05, 3.63) is 20.8 Å². The topological polar surface area (TPSA) is 44.8 Å². The van der Waals surface area contributed by atoms with Crippen molar-refractivity contribution < 1.29 is 9.53 Å². The number of carbonyl (C=O) groups excluding carboxylic acids is 1. The SMILES string of the molecule is CC(C)(C)OC(=O)N1CCN(CCNCc2sccc2Br)CC1. The molecule has 2 heterocycles. The van der Waals surface area contributed by atoms with Crippen LogP contribution in [0, 0.1) is 0 Å². The molecule has 0 atom stereocenters. The molecule has 1 aliphatic heterocycles. The molecule has 0 aromatic carbocycles. The normalized spacial score (nSPS) is 16.6. The zero-order valence-corrected chi connectivity index (χ0v) is 16.5. The Kier molecular flexibility index (Phi) is 6.88. The van der Waals surface area contributed by atoms with Gasteiger partial charge in [-0.2, -0.15) is 0 Å². The molecule has 2 rings (SSSR count). The fraction of sp³-hybridized carbons (Fsp3) is 0.688. The van der Waals surface area contributed by atoms with E-state index in [1.54, 1.807) is 16.2 Å². The number of nitrogens with one attached hydrogen (secondary N) is 1. The Bertz CT molecular complexity index is 508. The van der Waals surface area contributed by atoms with E-state index < -0.39 is 5.60 Å². The molecule has 0 bridgehead atoms. The lowest BCUT2D eigenvalue weighted by Crippen LogP contribution is -2.51. The molecule has 1 N–H and O–H groups in total. The van der Waals surface area contributed by atoms with Gasteiger partial charge in [0, 0.05) is 55.2 Å². The van der Waals surface area contributed by atoms with Crippen LogP contribution < -0.4 is 5.32 Å². The molecule has 0 radical (unpaired) electrons. The number of rotatable bonds is 5. The van der Waals surface area contributed by atoms with Crippen LogP contribution in [0.4, 0.5) is 4.79 Å². The molecule has 1 aromatic rings. The summed E-state index contributed by atoms with van der Waals surface area (Å²) in [6, 6.07) is 2.08. The maximum atomic E-state index is 12.0. The highest BCUT2D eigenvalue weighted by Gasteiger charge is 2.25. The zero-order chi connectivity index (χ0) is 16.9. The van der Waals surface area contributed by atoms with Gasteiger partial charge >= 0.3 is 6.09 Å². The van der Waals surface area contributed by atoms with Crippen molar-refractivity contribution in [2.75, 3.05) is 39.3 Å². The zero-order valence-electron chi connectivity index (χ0n) is 14.1. The van der Waals surface area contributed by atoms with E-state index in [0.29, 0.717) is 0 Å². The highest BCUT2D eigenvalue weighted by molar-refractivity contribution is 9.10. The van der Waals surface area contributed by atoms with Crippen molar-refractivity contribution in [1.29, 1.82) is 0 Å². The molecule has 1 fully saturated rings. The first-order valence-corrected chi connectivity index (χ1v) is 9.65. The number of piperazine rings is 1. The maximum absolute atomic E-state index is 12.0. The van der Waals surface area contributed by atoms with Gasteiger partial charge in [0.25, 0.3) is 0 Å². The lowest BCUT2D eigenvalue weighted by molar-refractivity contribution is 0.0146. The fourth-order valence-electron chi connectivity index (χ4n) is 2.37. The Morgan fingerprint density at radius 3 is 2.61 bits per heavy atom. The third-order valence-corrected chi connectivity index (χ3v) is 5.53. The Hall–Kier alpha value is -0.630. The third-order valence-electron chi connectivity index (χ3n) is 3.61. The summed E-state index contributed by atoms with van der Waals surface area (Å²) in [4.78, 5) is 17.5. The molecule has 1 saturated heterocycles. The Morgan fingerprint density at radius 1 is 1.35 bits per heavy atom. The van der Waals surface area contributed by atoms with Crippen molar-refractivity contribution in [3.8, 4) is 0 Å². The monoisotopic (exact) mass is 403 g/mol. The van der Waals surface area contributed by atoms with Crippen LogP contribution >= 0.6 is 27.3 Å². The molecule has 0 spiro atoms. The number of hydrogen-bond acceptors (Lipinski definition) is 5. The molecule has 0 saturated carbocycles. The van der Waals surface area contributed by atoms with Crippen LogP contribution in [0.15, 0.2) is 15.9 Å². The number of halogens is 1. The first kappa shape index (κ1) is 18.7. The molecule has 0 unspecified atom stereocenters. The smallest absolute Gasteiger partial charge is 0.410 e. The average molecular weight is 404 g/mol. The largest absolute Gasteiger partial charge is 0.444 e. The van der Waals surface area contributed by atoms with Crippen LogP contribution in [0.2, 0.25) is 0 Å². The van der Waals surface area contributed by atoms with Gasteiger partial charge in [-0.25, -0.2) is 4.79 Å². The number of amides is 1. The lowest BCUT2D eigenvalue weighted by Gasteiger charge is -2.35. The molecule has 1 aliphatic rings. The number of ether oxygens (including phenoxy) is 1. The van der Waals surface area contributed by atoms with Crippen molar-refractivity contribution in [1.82, 2.24) is 15.1 Å². The van der Waals surface area contributed by atoms with Gasteiger partial charge in [-0.3, -0.25) is 4.90 Å². The molecular weight excluding hydrogens is 378 g/mol. The van der Waals surface area contributed by atoms with Crippen LogP contribution in [0.3, 0.4) is 0 Å². The van der Waals surface area contributed by atoms with Crippen molar-refractivity contribution in [2.24, 2.45) is 0 Å². The van der Waals surface area contributed by atoms with Gasteiger partial charge in [-0.1, -0.05) is 0 Å². The average Bonchev–Trinajstić information content (AvgIpc) is 2.88. The number of nitrogens with zero attached hydrogens (tertiary/aromatic N) is 2. The Morgan fingerprint density at radius 2 is 2.04 bits per heavy atom. The summed E-state index contributed by atoms with van der Waals surface area (Å²) in [6.45, 7) is 11.9. The number of carbonyl (C=O) groups is 1. The molecular formula is C16H26BrN3O2S. The quantitative estimate of drug-likeness (QED) is 0.766. The van der Waals surface area contributed by atoms with E-state index in [1.807, 2.05) is 20.8 Å². The Balaban J connectivity index is 1.61. The van der Waals surface area contributed by atoms with Gasteiger partial charge in [-0.05, 0) is 48.1 Å².